The molecule has 1 atom stereocenters. The lowest BCUT2D eigenvalue weighted by atomic mass is 10.3. The second-order valence-corrected chi connectivity index (χ2v) is 4.38. The summed E-state index contributed by atoms with van der Waals surface area (Å²) in [6, 6.07) is 4.57. The molecule has 1 aromatic rings. The highest BCUT2D eigenvalue weighted by Gasteiger charge is 2.28. The molecule has 1 aromatic carbocycles. The first-order valence-corrected chi connectivity index (χ1v) is 6.27. The highest BCUT2D eigenvalue weighted by Crippen LogP contribution is 2.15. The van der Waals surface area contributed by atoms with Crippen molar-refractivity contribution in [3.05, 3.63) is 24.3 Å². The Morgan fingerprint density at radius 1 is 1.23 bits per heavy atom. The molecular formula is C13H16F3N3O3. The zero-order valence-electron chi connectivity index (χ0n) is 12.0. The quantitative estimate of drug-likeness (QED) is 0.775. The normalized spacial score (nSPS) is 12.2. The molecule has 3 N–H and O–H groups in total. The number of ether oxygens (including phenoxy) is 1. The van der Waals surface area contributed by atoms with Gasteiger partial charge >= 0.3 is 12.2 Å². The topological polar surface area (TPSA) is 79.5 Å². The lowest BCUT2D eigenvalue weighted by Gasteiger charge is -2.15. The maximum absolute atomic E-state index is 12.0. The van der Waals surface area contributed by atoms with Crippen molar-refractivity contribution in [2.24, 2.45) is 0 Å². The number of methoxy groups -OCH3 is 1. The van der Waals surface area contributed by atoms with E-state index >= 15 is 0 Å². The van der Waals surface area contributed by atoms with E-state index in [2.05, 4.69) is 10.6 Å². The Labute approximate surface area is 125 Å². The summed E-state index contributed by atoms with van der Waals surface area (Å²) in [5.41, 5.74) is 0.446. The molecule has 9 heteroatoms. The first-order valence-electron chi connectivity index (χ1n) is 6.27. The molecule has 0 unspecified atom stereocenters. The second-order valence-electron chi connectivity index (χ2n) is 4.38. The summed E-state index contributed by atoms with van der Waals surface area (Å²) >= 11 is 0. The molecule has 22 heavy (non-hydrogen) atoms. The molecule has 3 amide bonds. The van der Waals surface area contributed by atoms with Crippen LogP contribution < -0.4 is 20.7 Å². The summed E-state index contributed by atoms with van der Waals surface area (Å²) in [5, 5.41) is 6.36. The number of carbonyl (C=O) groups excluding carboxylic acids is 2. The van der Waals surface area contributed by atoms with Gasteiger partial charge in [0.25, 0.3) is 0 Å². The number of hydrogen-bond donors (Lipinski definition) is 3. The van der Waals surface area contributed by atoms with Crippen LogP contribution in [0.2, 0.25) is 0 Å². The number of alkyl halides is 3. The van der Waals surface area contributed by atoms with Crippen LogP contribution in [0.4, 0.5) is 23.7 Å². The van der Waals surface area contributed by atoms with Gasteiger partial charge < -0.3 is 20.7 Å². The zero-order chi connectivity index (χ0) is 16.8. The summed E-state index contributed by atoms with van der Waals surface area (Å²) in [6.45, 7) is -0.169. The molecule has 122 valence electrons. The van der Waals surface area contributed by atoms with Gasteiger partial charge in [0.1, 0.15) is 18.3 Å². The van der Waals surface area contributed by atoms with Crippen LogP contribution >= 0.6 is 0 Å². The van der Waals surface area contributed by atoms with Crippen LogP contribution in [0.1, 0.15) is 6.92 Å². The summed E-state index contributed by atoms with van der Waals surface area (Å²) < 4.78 is 40.9. The van der Waals surface area contributed by atoms with Crippen molar-refractivity contribution in [2.45, 2.75) is 19.1 Å². The van der Waals surface area contributed by atoms with Gasteiger partial charge in [0.15, 0.2) is 0 Å². The molecule has 0 fully saturated rings. The first-order chi connectivity index (χ1) is 10.2. The number of nitrogens with one attached hydrogen (secondary N) is 3. The third kappa shape index (κ3) is 6.33. The Morgan fingerprint density at radius 2 is 1.82 bits per heavy atom. The Hall–Kier alpha value is -2.45. The number of anilines is 1. The van der Waals surface area contributed by atoms with E-state index in [1.165, 1.54) is 14.0 Å². The predicted molar refractivity (Wildman–Crippen MR) is 73.7 cm³/mol. The van der Waals surface area contributed by atoms with Gasteiger partial charge in [0, 0.05) is 5.69 Å². The van der Waals surface area contributed by atoms with Crippen molar-refractivity contribution in [3.8, 4) is 5.75 Å². The van der Waals surface area contributed by atoms with Crippen molar-refractivity contribution in [1.82, 2.24) is 10.6 Å². The molecule has 0 radical (unpaired) electrons. The summed E-state index contributed by atoms with van der Waals surface area (Å²) in [6.07, 6.45) is -4.50. The summed E-state index contributed by atoms with van der Waals surface area (Å²) in [4.78, 5) is 23.0. The van der Waals surface area contributed by atoms with Gasteiger partial charge in [-0.2, -0.15) is 13.2 Å². The number of amides is 3. The van der Waals surface area contributed by atoms with Gasteiger partial charge in [0.05, 0.1) is 7.11 Å². The Balaban J connectivity index is 2.44. The Bertz CT molecular complexity index is 518. The van der Waals surface area contributed by atoms with E-state index in [-0.39, 0.29) is 0 Å². The van der Waals surface area contributed by atoms with Crippen molar-refractivity contribution in [1.29, 1.82) is 0 Å². The molecule has 1 rings (SSSR count). The van der Waals surface area contributed by atoms with Gasteiger partial charge in [-0.15, -0.1) is 0 Å². The number of carbonyl (C=O) groups is 2. The number of urea groups is 1. The van der Waals surface area contributed by atoms with Crippen LogP contribution in [-0.2, 0) is 4.79 Å². The van der Waals surface area contributed by atoms with E-state index in [9.17, 15) is 22.8 Å². The molecule has 0 bridgehead atoms. The maximum Gasteiger partial charge on any atom is 0.405 e. The molecule has 6 nitrogen and oxygen atoms in total. The van der Waals surface area contributed by atoms with Crippen LogP contribution in [0.25, 0.3) is 0 Å². The number of rotatable bonds is 5. The molecule has 0 saturated carbocycles. The van der Waals surface area contributed by atoms with Crippen molar-refractivity contribution >= 4 is 17.6 Å². The molecule has 0 aliphatic carbocycles. The lowest BCUT2D eigenvalue weighted by Crippen LogP contribution is -2.48. The van der Waals surface area contributed by atoms with Crippen molar-refractivity contribution < 1.29 is 27.5 Å². The fourth-order valence-electron chi connectivity index (χ4n) is 1.44. The monoisotopic (exact) mass is 319 g/mol. The van der Waals surface area contributed by atoms with E-state index in [0.29, 0.717) is 11.4 Å². The fourth-order valence-corrected chi connectivity index (χ4v) is 1.44. The molecule has 0 spiro atoms. The largest absolute Gasteiger partial charge is 0.497 e. The smallest absolute Gasteiger partial charge is 0.405 e. The van der Waals surface area contributed by atoms with Crippen LogP contribution in [0.5, 0.6) is 5.75 Å². The van der Waals surface area contributed by atoms with Gasteiger partial charge in [-0.3, -0.25) is 4.79 Å². The number of benzene rings is 1. The SMILES string of the molecule is COc1ccc(NC(=O)N[C@H](C)C(=O)NCC(F)(F)F)cc1. The Kier molecular flexibility index (Phi) is 6.02. The number of hydrogen-bond acceptors (Lipinski definition) is 3. The molecule has 0 heterocycles. The van der Waals surface area contributed by atoms with E-state index in [0.717, 1.165) is 0 Å². The van der Waals surface area contributed by atoms with E-state index in [4.69, 9.17) is 4.74 Å². The predicted octanol–water partition coefficient (Wildman–Crippen LogP) is 1.88. The van der Waals surface area contributed by atoms with Crippen molar-refractivity contribution in [3.63, 3.8) is 0 Å². The highest BCUT2D eigenvalue weighted by atomic mass is 19.4. The maximum atomic E-state index is 12.0. The van der Waals surface area contributed by atoms with Gasteiger partial charge in [-0.1, -0.05) is 0 Å². The lowest BCUT2D eigenvalue weighted by molar-refractivity contribution is -0.139. The van der Waals surface area contributed by atoms with Crippen LogP contribution in [-0.4, -0.2) is 37.8 Å². The standard InChI is InChI=1S/C13H16F3N3O3/c1-8(11(20)17-7-13(14,15)16)18-12(21)19-9-3-5-10(22-2)6-4-9/h3-6,8H,7H2,1-2H3,(H,17,20)(H2,18,19,21)/t8-/m1/s1. The Morgan fingerprint density at radius 3 is 2.32 bits per heavy atom. The minimum Gasteiger partial charge on any atom is -0.497 e. The van der Waals surface area contributed by atoms with Crippen molar-refractivity contribution in [2.75, 3.05) is 19.0 Å². The minimum atomic E-state index is -4.50. The third-order valence-corrected chi connectivity index (χ3v) is 2.55. The van der Waals surface area contributed by atoms with Gasteiger partial charge in [-0.25, -0.2) is 4.79 Å². The van der Waals surface area contributed by atoms with Crippen LogP contribution in [0.15, 0.2) is 24.3 Å². The van der Waals surface area contributed by atoms with Crippen LogP contribution in [0.3, 0.4) is 0 Å². The highest BCUT2D eigenvalue weighted by molar-refractivity contribution is 5.93. The van der Waals surface area contributed by atoms with E-state index in [1.54, 1.807) is 29.6 Å². The first kappa shape index (κ1) is 17.6. The minimum absolute atomic E-state index is 0.446. The average molecular weight is 319 g/mol. The van der Waals surface area contributed by atoms with Gasteiger partial charge in [0.2, 0.25) is 5.91 Å². The van der Waals surface area contributed by atoms with E-state index < -0.39 is 30.7 Å². The van der Waals surface area contributed by atoms with E-state index in [1.807, 2.05) is 0 Å². The molecule has 0 aliphatic rings. The zero-order valence-corrected chi connectivity index (χ0v) is 12.0. The molecular weight excluding hydrogens is 303 g/mol. The molecule has 0 aromatic heterocycles. The average Bonchev–Trinajstić information content (AvgIpc) is 2.44. The third-order valence-electron chi connectivity index (χ3n) is 2.55. The molecule has 0 aliphatic heterocycles. The second kappa shape index (κ2) is 7.53. The van der Waals surface area contributed by atoms with Gasteiger partial charge in [-0.05, 0) is 31.2 Å². The molecule has 0 saturated heterocycles. The van der Waals surface area contributed by atoms with Crippen LogP contribution in [0, 0.1) is 0 Å². The fraction of sp³-hybridized carbons (Fsp3) is 0.385. The summed E-state index contributed by atoms with van der Waals surface area (Å²) in [7, 11) is 1.50. The summed E-state index contributed by atoms with van der Waals surface area (Å²) in [5.74, 6) is -0.326. The number of halogens is 3.